The molecule has 2 heterocycles. The lowest BCUT2D eigenvalue weighted by Crippen LogP contribution is -2.31. The molecule has 0 spiro atoms. The van der Waals surface area contributed by atoms with Gasteiger partial charge >= 0.3 is 0 Å². The minimum absolute atomic E-state index is 0.161. The molecule has 124 valence electrons. The Bertz CT molecular complexity index is 793. The van der Waals surface area contributed by atoms with Crippen molar-refractivity contribution in [3.05, 3.63) is 36.4 Å². The van der Waals surface area contributed by atoms with Crippen LogP contribution in [0.15, 0.2) is 36.4 Å². The maximum absolute atomic E-state index is 12.3. The van der Waals surface area contributed by atoms with E-state index < -0.39 is 6.04 Å². The largest absolute Gasteiger partial charge is 0.454 e. The van der Waals surface area contributed by atoms with Crippen LogP contribution in [-0.2, 0) is 4.79 Å². The van der Waals surface area contributed by atoms with Crippen LogP contribution in [0.2, 0.25) is 0 Å². The minimum Gasteiger partial charge on any atom is -0.454 e. The van der Waals surface area contributed by atoms with E-state index in [2.05, 4.69) is 10.6 Å². The van der Waals surface area contributed by atoms with Crippen molar-refractivity contribution < 1.29 is 23.7 Å². The van der Waals surface area contributed by atoms with Gasteiger partial charge < -0.3 is 29.6 Å². The maximum atomic E-state index is 12.3. The van der Waals surface area contributed by atoms with Gasteiger partial charge in [-0.05, 0) is 31.2 Å². The average Bonchev–Trinajstić information content (AvgIpc) is 3.22. The zero-order chi connectivity index (χ0) is 16.5. The van der Waals surface area contributed by atoms with Crippen molar-refractivity contribution >= 4 is 17.3 Å². The molecule has 0 unspecified atom stereocenters. The molecule has 1 amide bonds. The summed E-state index contributed by atoms with van der Waals surface area (Å²) in [7, 11) is 0. The third kappa shape index (κ3) is 2.76. The number of hydrogen-bond donors (Lipinski definition) is 2. The van der Waals surface area contributed by atoms with Crippen molar-refractivity contribution in [2.24, 2.45) is 0 Å². The van der Waals surface area contributed by atoms with Gasteiger partial charge in [0.1, 0.15) is 6.04 Å². The average molecular weight is 328 g/mol. The molecular weight excluding hydrogens is 312 g/mol. The van der Waals surface area contributed by atoms with Crippen LogP contribution in [0.1, 0.15) is 6.92 Å². The molecule has 0 fully saturated rings. The number of rotatable bonds is 4. The van der Waals surface area contributed by atoms with Crippen LogP contribution in [-0.4, -0.2) is 25.5 Å². The number of benzene rings is 2. The SMILES string of the molecule is C[C@@H](Nc1ccc2c(c1)OCO2)C(=O)Nc1ccc2c(c1)OCO2. The third-order valence-corrected chi connectivity index (χ3v) is 3.79. The highest BCUT2D eigenvalue weighted by Gasteiger charge is 2.18. The van der Waals surface area contributed by atoms with Gasteiger partial charge in [-0.15, -0.1) is 0 Å². The van der Waals surface area contributed by atoms with E-state index >= 15 is 0 Å². The van der Waals surface area contributed by atoms with Gasteiger partial charge in [0.05, 0.1) is 0 Å². The van der Waals surface area contributed by atoms with Gasteiger partial charge in [0.25, 0.3) is 0 Å². The molecule has 4 rings (SSSR count). The highest BCUT2D eigenvalue weighted by Crippen LogP contribution is 2.35. The molecule has 1 atom stereocenters. The smallest absolute Gasteiger partial charge is 0.246 e. The Morgan fingerprint density at radius 1 is 0.875 bits per heavy atom. The normalized spacial score (nSPS) is 15.0. The Kier molecular flexibility index (Phi) is 3.53. The van der Waals surface area contributed by atoms with E-state index in [-0.39, 0.29) is 19.5 Å². The van der Waals surface area contributed by atoms with Crippen molar-refractivity contribution in [1.29, 1.82) is 0 Å². The lowest BCUT2D eigenvalue weighted by molar-refractivity contribution is -0.116. The second-order valence-electron chi connectivity index (χ2n) is 5.49. The fraction of sp³-hybridized carbons (Fsp3) is 0.235. The monoisotopic (exact) mass is 328 g/mol. The molecule has 2 N–H and O–H groups in total. The van der Waals surface area contributed by atoms with Gasteiger partial charge in [-0.1, -0.05) is 0 Å². The van der Waals surface area contributed by atoms with E-state index in [4.69, 9.17) is 18.9 Å². The molecule has 0 saturated carbocycles. The molecule has 7 nitrogen and oxygen atoms in total. The van der Waals surface area contributed by atoms with Gasteiger partial charge in [-0.2, -0.15) is 0 Å². The zero-order valence-electron chi connectivity index (χ0n) is 13.0. The summed E-state index contributed by atoms with van der Waals surface area (Å²) in [5.74, 6) is 2.52. The summed E-state index contributed by atoms with van der Waals surface area (Å²) < 4.78 is 21.2. The number of fused-ring (bicyclic) bond motifs is 2. The maximum Gasteiger partial charge on any atom is 0.246 e. The van der Waals surface area contributed by atoms with E-state index in [1.165, 1.54) is 0 Å². The Morgan fingerprint density at radius 2 is 1.42 bits per heavy atom. The molecule has 2 aromatic rings. The van der Waals surface area contributed by atoms with Crippen LogP contribution in [0.4, 0.5) is 11.4 Å². The second kappa shape index (κ2) is 5.84. The summed E-state index contributed by atoms with van der Waals surface area (Å²) in [5, 5.41) is 5.99. The number of ether oxygens (including phenoxy) is 4. The summed E-state index contributed by atoms with van der Waals surface area (Å²) in [4.78, 5) is 12.3. The summed E-state index contributed by atoms with van der Waals surface area (Å²) in [5.41, 5.74) is 1.44. The van der Waals surface area contributed by atoms with Crippen LogP contribution in [0.5, 0.6) is 23.0 Å². The molecular formula is C17H16N2O5. The number of carbonyl (C=O) groups excluding carboxylic acids is 1. The first-order valence-electron chi connectivity index (χ1n) is 7.56. The Balaban J connectivity index is 1.41. The summed E-state index contributed by atoms with van der Waals surface area (Å²) in [6.45, 7) is 2.21. The standard InChI is InChI=1S/C17H16N2O5/c1-10(18-11-2-4-13-15(6-11)23-8-21-13)17(20)19-12-3-5-14-16(7-12)24-9-22-14/h2-7,10,18H,8-9H2,1H3,(H,19,20)/t10-/m1/s1. The van der Waals surface area contributed by atoms with Crippen molar-refractivity contribution in [3.8, 4) is 23.0 Å². The van der Waals surface area contributed by atoms with E-state index in [1.807, 2.05) is 18.2 Å². The topological polar surface area (TPSA) is 78.1 Å². The fourth-order valence-electron chi connectivity index (χ4n) is 2.53. The van der Waals surface area contributed by atoms with Crippen LogP contribution < -0.4 is 29.6 Å². The highest BCUT2D eigenvalue weighted by atomic mass is 16.7. The lowest BCUT2D eigenvalue weighted by atomic mass is 10.2. The number of amides is 1. The molecule has 0 aliphatic carbocycles. The van der Waals surface area contributed by atoms with Gasteiger partial charge in [-0.3, -0.25) is 4.79 Å². The van der Waals surface area contributed by atoms with Gasteiger partial charge in [0.15, 0.2) is 23.0 Å². The van der Waals surface area contributed by atoms with Crippen molar-refractivity contribution in [1.82, 2.24) is 0 Å². The van der Waals surface area contributed by atoms with Gasteiger partial charge in [0, 0.05) is 23.5 Å². The molecule has 0 radical (unpaired) electrons. The molecule has 7 heteroatoms. The molecule has 2 aliphatic rings. The highest BCUT2D eigenvalue weighted by molar-refractivity contribution is 5.96. The third-order valence-electron chi connectivity index (χ3n) is 3.79. The van der Waals surface area contributed by atoms with E-state index in [1.54, 1.807) is 25.1 Å². The van der Waals surface area contributed by atoms with Crippen LogP contribution in [0.3, 0.4) is 0 Å². The van der Waals surface area contributed by atoms with E-state index in [9.17, 15) is 4.79 Å². The van der Waals surface area contributed by atoms with Crippen LogP contribution in [0, 0.1) is 0 Å². The van der Waals surface area contributed by atoms with Gasteiger partial charge in [-0.25, -0.2) is 0 Å². The summed E-state index contributed by atoms with van der Waals surface area (Å²) in [6.07, 6.45) is 0. The first-order valence-corrected chi connectivity index (χ1v) is 7.56. The van der Waals surface area contributed by atoms with E-state index in [0.717, 1.165) is 5.69 Å². The molecule has 0 saturated heterocycles. The first-order chi connectivity index (χ1) is 11.7. The van der Waals surface area contributed by atoms with Crippen LogP contribution >= 0.6 is 0 Å². The molecule has 24 heavy (non-hydrogen) atoms. The fourth-order valence-corrected chi connectivity index (χ4v) is 2.53. The Labute approximate surface area is 138 Å². The predicted octanol–water partition coefficient (Wildman–Crippen LogP) is 2.58. The number of anilines is 2. The summed E-state index contributed by atoms with van der Waals surface area (Å²) in [6, 6.07) is 10.3. The molecule has 2 aliphatic heterocycles. The number of carbonyl (C=O) groups is 1. The van der Waals surface area contributed by atoms with Crippen LogP contribution in [0.25, 0.3) is 0 Å². The molecule has 0 aromatic heterocycles. The van der Waals surface area contributed by atoms with Crippen molar-refractivity contribution in [2.45, 2.75) is 13.0 Å². The Hall–Kier alpha value is -3.09. The molecule has 2 aromatic carbocycles. The minimum atomic E-state index is -0.434. The quantitative estimate of drug-likeness (QED) is 0.898. The zero-order valence-corrected chi connectivity index (χ0v) is 13.0. The summed E-state index contributed by atoms with van der Waals surface area (Å²) >= 11 is 0. The molecule has 0 bridgehead atoms. The Morgan fingerprint density at radius 3 is 2.08 bits per heavy atom. The number of nitrogens with one attached hydrogen (secondary N) is 2. The number of hydrogen-bond acceptors (Lipinski definition) is 6. The van der Waals surface area contributed by atoms with E-state index in [0.29, 0.717) is 28.7 Å². The van der Waals surface area contributed by atoms with Gasteiger partial charge in [0.2, 0.25) is 19.5 Å². The lowest BCUT2D eigenvalue weighted by Gasteiger charge is -2.15. The predicted molar refractivity (Wildman–Crippen MR) is 86.8 cm³/mol. The second-order valence-corrected chi connectivity index (χ2v) is 5.49. The van der Waals surface area contributed by atoms with Crippen molar-refractivity contribution in [3.63, 3.8) is 0 Å². The van der Waals surface area contributed by atoms with Crippen molar-refractivity contribution in [2.75, 3.05) is 24.2 Å². The first kappa shape index (κ1) is 14.5.